The monoisotopic (exact) mass is 325 g/mol. The Morgan fingerprint density at radius 2 is 2.00 bits per heavy atom. The molecule has 0 atom stereocenters. The van der Waals surface area contributed by atoms with Crippen LogP contribution in [0.2, 0.25) is 0 Å². The van der Waals surface area contributed by atoms with Crippen molar-refractivity contribution in [2.75, 3.05) is 5.32 Å². The van der Waals surface area contributed by atoms with Crippen LogP contribution in [0, 0.1) is 20.8 Å². The minimum Gasteiger partial charge on any atom is -0.401 e. The van der Waals surface area contributed by atoms with Crippen molar-refractivity contribution in [2.24, 2.45) is 7.05 Å². The first-order valence-corrected chi connectivity index (χ1v) is 7.63. The highest BCUT2D eigenvalue weighted by Crippen LogP contribution is 2.19. The van der Waals surface area contributed by atoms with E-state index in [9.17, 15) is 4.79 Å². The van der Waals surface area contributed by atoms with E-state index in [-0.39, 0.29) is 24.2 Å². The van der Waals surface area contributed by atoms with Gasteiger partial charge in [-0.15, -0.1) is 5.10 Å². The van der Waals surface area contributed by atoms with Crippen LogP contribution in [0.25, 0.3) is 11.6 Å². The Morgan fingerprint density at radius 1 is 1.21 bits per heavy atom. The maximum absolute atomic E-state index is 12.2. The van der Waals surface area contributed by atoms with Gasteiger partial charge in [-0.05, 0) is 38.0 Å². The quantitative estimate of drug-likeness (QED) is 0.797. The lowest BCUT2D eigenvalue weighted by Crippen LogP contribution is -2.15. The van der Waals surface area contributed by atoms with Crippen LogP contribution in [-0.4, -0.2) is 25.9 Å². The van der Waals surface area contributed by atoms with Crippen LogP contribution in [0.4, 0.5) is 6.01 Å². The van der Waals surface area contributed by atoms with Crippen molar-refractivity contribution in [2.45, 2.75) is 27.2 Å². The van der Waals surface area contributed by atoms with Crippen molar-refractivity contribution in [3.63, 3.8) is 0 Å². The molecular formula is C17H19N5O2. The molecule has 3 aromatic rings. The van der Waals surface area contributed by atoms with Crippen molar-refractivity contribution in [1.29, 1.82) is 0 Å². The first kappa shape index (κ1) is 15.9. The fourth-order valence-corrected chi connectivity index (χ4v) is 2.42. The first-order chi connectivity index (χ1) is 11.4. The topological polar surface area (TPSA) is 85.8 Å². The Balaban J connectivity index is 1.69. The van der Waals surface area contributed by atoms with Crippen LogP contribution in [0.3, 0.4) is 0 Å². The maximum Gasteiger partial charge on any atom is 0.322 e. The molecule has 24 heavy (non-hydrogen) atoms. The molecule has 3 rings (SSSR count). The van der Waals surface area contributed by atoms with Gasteiger partial charge in [-0.2, -0.15) is 5.10 Å². The summed E-state index contributed by atoms with van der Waals surface area (Å²) in [6, 6.07) is 7.92. The van der Waals surface area contributed by atoms with Crippen LogP contribution < -0.4 is 5.32 Å². The second kappa shape index (κ2) is 6.27. The van der Waals surface area contributed by atoms with E-state index in [0.29, 0.717) is 5.69 Å². The minimum absolute atomic E-state index is 0.0723. The van der Waals surface area contributed by atoms with Gasteiger partial charge in [0.15, 0.2) is 0 Å². The Hall–Kier alpha value is -2.96. The molecule has 0 bridgehead atoms. The predicted molar refractivity (Wildman–Crippen MR) is 89.5 cm³/mol. The summed E-state index contributed by atoms with van der Waals surface area (Å²) in [5.74, 6) is 0.0786. The number of nitrogens with one attached hydrogen (secondary N) is 1. The fourth-order valence-electron chi connectivity index (χ4n) is 2.42. The van der Waals surface area contributed by atoms with E-state index in [1.807, 2.05) is 46.0 Å². The minimum atomic E-state index is -0.200. The van der Waals surface area contributed by atoms with E-state index in [1.54, 1.807) is 4.68 Å². The van der Waals surface area contributed by atoms with Gasteiger partial charge >= 0.3 is 6.01 Å². The Morgan fingerprint density at radius 3 is 2.67 bits per heavy atom. The van der Waals surface area contributed by atoms with Gasteiger partial charge in [0.1, 0.15) is 5.69 Å². The molecule has 124 valence electrons. The number of carbonyl (C=O) groups excluding carboxylic acids is 1. The highest BCUT2D eigenvalue weighted by atomic mass is 16.4. The third-order valence-corrected chi connectivity index (χ3v) is 3.85. The molecule has 1 amide bonds. The predicted octanol–water partition coefficient (Wildman–Crippen LogP) is 2.58. The van der Waals surface area contributed by atoms with E-state index < -0.39 is 0 Å². The number of aryl methyl sites for hydroxylation is 4. The fraction of sp³-hybridized carbons (Fsp3) is 0.294. The third kappa shape index (κ3) is 3.34. The van der Waals surface area contributed by atoms with Crippen LogP contribution in [0.15, 0.2) is 28.7 Å². The number of carbonyl (C=O) groups is 1. The molecular weight excluding hydrogens is 306 g/mol. The second-order valence-corrected chi connectivity index (χ2v) is 5.86. The van der Waals surface area contributed by atoms with Crippen LogP contribution in [-0.2, 0) is 18.3 Å². The Bertz CT molecular complexity index is 875. The lowest BCUT2D eigenvalue weighted by Gasteiger charge is -2.06. The highest BCUT2D eigenvalue weighted by Gasteiger charge is 2.15. The van der Waals surface area contributed by atoms with Gasteiger partial charge in [-0.1, -0.05) is 28.9 Å². The standard InChI is InChI=1S/C17H19N5O2/c1-10-5-6-13(11(2)7-10)9-15(23)18-17-20-19-16(24-17)14-8-12(3)22(4)21-14/h5-8H,9H2,1-4H3,(H,18,20,23). The number of aromatic nitrogens is 4. The molecule has 0 saturated heterocycles. The number of hydrogen-bond acceptors (Lipinski definition) is 5. The zero-order valence-corrected chi connectivity index (χ0v) is 14.1. The number of rotatable bonds is 4. The normalized spacial score (nSPS) is 10.8. The second-order valence-electron chi connectivity index (χ2n) is 5.86. The largest absolute Gasteiger partial charge is 0.401 e. The van der Waals surface area contributed by atoms with Crippen molar-refractivity contribution in [1.82, 2.24) is 20.0 Å². The van der Waals surface area contributed by atoms with E-state index in [4.69, 9.17) is 4.42 Å². The molecule has 0 aliphatic heterocycles. The summed E-state index contributed by atoms with van der Waals surface area (Å²) >= 11 is 0. The van der Waals surface area contributed by atoms with Gasteiger partial charge in [0.05, 0.1) is 6.42 Å². The molecule has 0 saturated carbocycles. The molecule has 0 spiro atoms. The zero-order chi connectivity index (χ0) is 17.3. The van der Waals surface area contributed by atoms with E-state index >= 15 is 0 Å². The lowest BCUT2D eigenvalue weighted by molar-refractivity contribution is -0.115. The highest BCUT2D eigenvalue weighted by molar-refractivity contribution is 5.90. The van der Waals surface area contributed by atoms with Crippen molar-refractivity contribution >= 4 is 11.9 Å². The number of anilines is 1. The molecule has 1 N–H and O–H groups in total. The van der Waals surface area contributed by atoms with E-state index in [0.717, 1.165) is 16.8 Å². The number of amides is 1. The number of hydrogen-bond donors (Lipinski definition) is 1. The van der Waals surface area contributed by atoms with Crippen molar-refractivity contribution < 1.29 is 9.21 Å². The number of nitrogens with zero attached hydrogens (tertiary/aromatic N) is 4. The molecule has 7 heteroatoms. The third-order valence-electron chi connectivity index (χ3n) is 3.85. The van der Waals surface area contributed by atoms with Crippen LogP contribution in [0.5, 0.6) is 0 Å². The van der Waals surface area contributed by atoms with Gasteiger partial charge in [0.2, 0.25) is 5.91 Å². The molecule has 0 aliphatic rings. The summed E-state index contributed by atoms with van der Waals surface area (Å²) in [4.78, 5) is 12.2. The van der Waals surface area contributed by atoms with Gasteiger partial charge < -0.3 is 4.42 Å². The molecule has 2 heterocycles. The first-order valence-electron chi connectivity index (χ1n) is 7.63. The summed E-state index contributed by atoms with van der Waals surface area (Å²) in [5.41, 5.74) is 4.78. The van der Waals surface area contributed by atoms with Gasteiger partial charge in [-0.3, -0.25) is 14.8 Å². The number of benzene rings is 1. The molecule has 0 aliphatic carbocycles. The average Bonchev–Trinajstić information content (AvgIpc) is 3.10. The molecule has 0 unspecified atom stereocenters. The van der Waals surface area contributed by atoms with Gasteiger partial charge in [0, 0.05) is 12.7 Å². The maximum atomic E-state index is 12.2. The van der Waals surface area contributed by atoms with Crippen molar-refractivity contribution in [3.8, 4) is 11.6 Å². The smallest absolute Gasteiger partial charge is 0.322 e. The summed E-state index contributed by atoms with van der Waals surface area (Å²) in [6.45, 7) is 5.94. The van der Waals surface area contributed by atoms with Gasteiger partial charge in [0.25, 0.3) is 5.89 Å². The zero-order valence-electron chi connectivity index (χ0n) is 14.1. The molecule has 0 radical (unpaired) electrons. The molecule has 1 aromatic carbocycles. The molecule has 7 nitrogen and oxygen atoms in total. The summed E-state index contributed by atoms with van der Waals surface area (Å²) in [5, 5.41) is 14.7. The van der Waals surface area contributed by atoms with Crippen LogP contribution in [0.1, 0.15) is 22.4 Å². The summed E-state index contributed by atoms with van der Waals surface area (Å²) in [7, 11) is 1.84. The SMILES string of the molecule is Cc1ccc(CC(=O)Nc2nnc(-c3cc(C)n(C)n3)o2)c(C)c1. The lowest BCUT2D eigenvalue weighted by atomic mass is 10.0. The van der Waals surface area contributed by atoms with Crippen LogP contribution >= 0.6 is 0 Å². The summed E-state index contributed by atoms with van der Waals surface area (Å²) in [6.07, 6.45) is 0.256. The Kier molecular flexibility index (Phi) is 4.16. The Labute approximate surface area is 139 Å². The van der Waals surface area contributed by atoms with E-state index in [1.165, 1.54) is 5.56 Å². The summed E-state index contributed by atoms with van der Waals surface area (Å²) < 4.78 is 7.19. The molecule has 2 aromatic heterocycles. The average molecular weight is 325 g/mol. The van der Waals surface area contributed by atoms with Crippen molar-refractivity contribution in [3.05, 3.63) is 46.6 Å². The van der Waals surface area contributed by atoms with Gasteiger partial charge in [-0.25, -0.2) is 0 Å². The molecule has 0 fully saturated rings. The van der Waals surface area contributed by atoms with E-state index in [2.05, 4.69) is 26.7 Å².